The normalized spacial score (nSPS) is 10.5. The highest BCUT2D eigenvalue weighted by Crippen LogP contribution is 2.23. The Balaban J connectivity index is 2.05. The summed E-state index contributed by atoms with van der Waals surface area (Å²) in [5.41, 5.74) is 0.118. The first-order valence-electron chi connectivity index (χ1n) is 6.49. The number of carbonyl (C=O) groups excluding carboxylic acids is 1. The van der Waals surface area contributed by atoms with E-state index in [2.05, 4.69) is 4.98 Å². The highest BCUT2D eigenvalue weighted by atomic mass is 35.5. The van der Waals surface area contributed by atoms with E-state index in [0.29, 0.717) is 13.0 Å². The van der Waals surface area contributed by atoms with Gasteiger partial charge in [-0.05, 0) is 13.0 Å². The molecule has 8 heteroatoms. The molecule has 22 heavy (non-hydrogen) atoms. The van der Waals surface area contributed by atoms with Gasteiger partial charge < -0.3 is 4.90 Å². The summed E-state index contributed by atoms with van der Waals surface area (Å²) in [6.07, 6.45) is 2.46. The molecule has 0 aliphatic carbocycles. The number of amides is 1. The molecule has 0 spiro atoms. The Bertz CT molecular complexity index is 717. The molecule has 0 fully saturated rings. The lowest BCUT2D eigenvalue weighted by atomic mass is 10.2. The fraction of sp³-hybridized carbons (Fsp3) is 0.286. The fourth-order valence-electron chi connectivity index (χ4n) is 1.88. The fourth-order valence-corrected chi connectivity index (χ4v) is 2.91. The summed E-state index contributed by atoms with van der Waals surface area (Å²) in [7, 11) is 1.67. The van der Waals surface area contributed by atoms with Gasteiger partial charge in [-0.1, -0.05) is 11.6 Å². The van der Waals surface area contributed by atoms with Crippen LogP contribution >= 0.6 is 22.9 Å². The largest absolute Gasteiger partial charge is 0.341 e. The number of nitrogens with zero attached hydrogens (tertiary/aromatic N) is 3. The Labute approximate surface area is 136 Å². The standard InChI is InChI=1S/C14H14ClN3O3S/c1-9-8-16-13(22-9)5-6-17(2)14(19)11-4-3-10(18(20)21)7-12(11)15/h3-4,7-8H,5-6H2,1-2H3. The van der Waals surface area contributed by atoms with Gasteiger partial charge in [-0.3, -0.25) is 14.9 Å². The van der Waals surface area contributed by atoms with Crippen LogP contribution in [0.1, 0.15) is 20.2 Å². The van der Waals surface area contributed by atoms with Crippen molar-refractivity contribution in [2.75, 3.05) is 13.6 Å². The van der Waals surface area contributed by atoms with Crippen LogP contribution in [0.15, 0.2) is 24.4 Å². The zero-order chi connectivity index (χ0) is 16.3. The van der Waals surface area contributed by atoms with Crippen molar-refractivity contribution in [2.24, 2.45) is 0 Å². The number of thiazole rings is 1. The zero-order valence-corrected chi connectivity index (χ0v) is 13.6. The molecular weight excluding hydrogens is 326 g/mol. The molecule has 0 atom stereocenters. The average molecular weight is 340 g/mol. The summed E-state index contributed by atoms with van der Waals surface area (Å²) in [5.74, 6) is -0.270. The smallest absolute Gasteiger partial charge is 0.270 e. The molecule has 0 aliphatic rings. The van der Waals surface area contributed by atoms with Gasteiger partial charge >= 0.3 is 0 Å². The summed E-state index contributed by atoms with van der Waals surface area (Å²) in [4.78, 5) is 29.4. The van der Waals surface area contributed by atoms with Crippen molar-refractivity contribution in [1.82, 2.24) is 9.88 Å². The minimum atomic E-state index is -0.547. The Morgan fingerprint density at radius 2 is 2.23 bits per heavy atom. The molecule has 1 heterocycles. The number of carbonyl (C=O) groups is 1. The molecule has 0 unspecified atom stereocenters. The lowest BCUT2D eigenvalue weighted by Crippen LogP contribution is -2.29. The number of nitro groups is 1. The average Bonchev–Trinajstić information content (AvgIpc) is 2.89. The summed E-state index contributed by atoms with van der Waals surface area (Å²) in [6, 6.07) is 3.84. The third-order valence-electron chi connectivity index (χ3n) is 3.07. The summed E-state index contributed by atoms with van der Waals surface area (Å²) in [6.45, 7) is 2.48. The van der Waals surface area contributed by atoms with Gasteiger partial charge in [0, 0.05) is 43.2 Å². The zero-order valence-electron chi connectivity index (χ0n) is 12.1. The van der Waals surface area contributed by atoms with Crippen molar-refractivity contribution in [3.05, 3.63) is 55.0 Å². The molecule has 1 aromatic carbocycles. The van der Waals surface area contributed by atoms with Crippen molar-refractivity contribution in [2.45, 2.75) is 13.3 Å². The van der Waals surface area contributed by atoms with Crippen LogP contribution in [-0.4, -0.2) is 34.3 Å². The van der Waals surface area contributed by atoms with Crippen molar-refractivity contribution >= 4 is 34.5 Å². The highest BCUT2D eigenvalue weighted by Gasteiger charge is 2.18. The van der Waals surface area contributed by atoms with Gasteiger partial charge in [0.25, 0.3) is 11.6 Å². The molecule has 0 saturated heterocycles. The van der Waals surface area contributed by atoms with Gasteiger partial charge in [-0.2, -0.15) is 0 Å². The van der Waals surface area contributed by atoms with Crippen LogP contribution < -0.4 is 0 Å². The van der Waals surface area contributed by atoms with Gasteiger partial charge in [-0.15, -0.1) is 11.3 Å². The van der Waals surface area contributed by atoms with Crippen LogP contribution in [0.4, 0.5) is 5.69 Å². The van der Waals surface area contributed by atoms with Gasteiger partial charge in [0.1, 0.15) is 0 Å². The first-order chi connectivity index (χ1) is 10.4. The second kappa shape index (κ2) is 6.85. The van der Waals surface area contributed by atoms with E-state index in [1.807, 2.05) is 6.92 Å². The monoisotopic (exact) mass is 339 g/mol. The van der Waals surface area contributed by atoms with E-state index in [-0.39, 0.29) is 22.2 Å². The predicted octanol–water partition coefficient (Wildman–Crippen LogP) is 3.33. The lowest BCUT2D eigenvalue weighted by Gasteiger charge is -2.17. The van der Waals surface area contributed by atoms with Crippen LogP contribution in [0.2, 0.25) is 5.02 Å². The molecule has 0 N–H and O–H groups in total. The van der Waals surface area contributed by atoms with Crippen LogP contribution in [0.3, 0.4) is 0 Å². The maximum atomic E-state index is 12.3. The quantitative estimate of drug-likeness (QED) is 0.618. The van der Waals surface area contributed by atoms with Gasteiger partial charge in [0.15, 0.2) is 0 Å². The molecule has 0 aliphatic heterocycles. The summed E-state index contributed by atoms with van der Waals surface area (Å²) < 4.78 is 0. The number of aryl methyl sites for hydroxylation is 1. The SMILES string of the molecule is Cc1cnc(CCN(C)C(=O)c2ccc([N+](=O)[O-])cc2Cl)s1. The number of non-ortho nitro benzene ring substituents is 1. The van der Waals surface area contributed by atoms with Gasteiger partial charge in [0.2, 0.25) is 0 Å². The molecule has 6 nitrogen and oxygen atoms in total. The predicted molar refractivity (Wildman–Crippen MR) is 85.6 cm³/mol. The number of hydrogen-bond acceptors (Lipinski definition) is 5. The number of benzene rings is 1. The second-order valence-corrected chi connectivity index (χ2v) is 6.49. The summed E-state index contributed by atoms with van der Waals surface area (Å²) >= 11 is 7.57. The Kier molecular flexibility index (Phi) is 5.10. The Morgan fingerprint density at radius 1 is 1.50 bits per heavy atom. The Hall–Kier alpha value is -1.99. The van der Waals surface area contributed by atoms with Crippen molar-refractivity contribution in [1.29, 1.82) is 0 Å². The number of hydrogen-bond donors (Lipinski definition) is 0. The van der Waals surface area contributed by atoms with E-state index in [0.717, 1.165) is 9.88 Å². The molecule has 0 saturated carbocycles. The van der Waals surface area contributed by atoms with Crippen LogP contribution in [0, 0.1) is 17.0 Å². The molecule has 116 valence electrons. The molecule has 1 amide bonds. The van der Waals surface area contributed by atoms with E-state index in [9.17, 15) is 14.9 Å². The van der Waals surface area contributed by atoms with E-state index in [1.165, 1.54) is 23.1 Å². The lowest BCUT2D eigenvalue weighted by molar-refractivity contribution is -0.384. The number of likely N-dealkylation sites (N-methyl/N-ethyl adjacent to an activating group) is 1. The first kappa shape index (κ1) is 16.4. The molecule has 2 rings (SSSR count). The summed E-state index contributed by atoms with van der Waals surface area (Å²) in [5, 5.41) is 11.7. The van der Waals surface area contributed by atoms with E-state index in [4.69, 9.17) is 11.6 Å². The maximum absolute atomic E-state index is 12.3. The van der Waals surface area contributed by atoms with E-state index >= 15 is 0 Å². The third-order valence-corrected chi connectivity index (χ3v) is 4.36. The number of rotatable bonds is 5. The van der Waals surface area contributed by atoms with Gasteiger partial charge in [0.05, 0.1) is 20.5 Å². The first-order valence-corrected chi connectivity index (χ1v) is 7.68. The maximum Gasteiger partial charge on any atom is 0.270 e. The third kappa shape index (κ3) is 3.80. The minimum absolute atomic E-state index is 0.0798. The topological polar surface area (TPSA) is 76.3 Å². The highest BCUT2D eigenvalue weighted by molar-refractivity contribution is 7.11. The van der Waals surface area contributed by atoms with Crippen LogP contribution in [0.5, 0.6) is 0 Å². The van der Waals surface area contributed by atoms with E-state index in [1.54, 1.807) is 24.6 Å². The Morgan fingerprint density at radius 3 is 2.77 bits per heavy atom. The van der Waals surface area contributed by atoms with Crippen molar-refractivity contribution in [3.63, 3.8) is 0 Å². The van der Waals surface area contributed by atoms with Crippen LogP contribution in [-0.2, 0) is 6.42 Å². The molecule has 0 radical (unpaired) electrons. The van der Waals surface area contributed by atoms with Crippen LogP contribution in [0.25, 0.3) is 0 Å². The molecule has 0 bridgehead atoms. The van der Waals surface area contributed by atoms with E-state index < -0.39 is 4.92 Å². The molecule has 1 aromatic heterocycles. The molecule has 2 aromatic rings. The molecular formula is C14H14ClN3O3S. The minimum Gasteiger partial charge on any atom is -0.341 e. The van der Waals surface area contributed by atoms with Gasteiger partial charge in [-0.25, -0.2) is 4.98 Å². The van der Waals surface area contributed by atoms with Crippen molar-refractivity contribution < 1.29 is 9.72 Å². The second-order valence-electron chi connectivity index (χ2n) is 4.76. The number of halogens is 1. The van der Waals surface area contributed by atoms with Crippen molar-refractivity contribution in [3.8, 4) is 0 Å². The number of aromatic nitrogens is 1. The number of nitro benzene ring substituents is 1.